The third kappa shape index (κ3) is 2.21. The first-order chi connectivity index (χ1) is 7.29. The SMILES string of the molecule is NCc1ncc(C(F)(F)F)c(N)c1C(F)F. The highest BCUT2D eigenvalue weighted by Crippen LogP contribution is 2.38. The van der Waals surface area contributed by atoms with Crippen LogP contribution >= 0.6 is 0 Å². The van der Waals surface area contributed by atoms with E-state index in [2.05, 4.69) is 4.98 Å². The van der Waals surface area contributed by atoms with Crippen LogP contribution in [0.15, 0.2) is 6.20 Å². The molecule has 0 saturated heterocycles. The maximum absolute atomic E-state index is 12.5. The highest BCUT2D eigenvalue weighted by Gasteiger charge is 2.36. The molecule has 4 N–H and O–H groups in total. The number of halogens is 5. The second kappa shape index (κ2) is 4.20. The zero-order chi connectivity index (χ0) is 12.5. The summed E-state index contributed by atoms with van der Waals surface area (Å²) < 4.78 is 62.0. The molecule has 0 aliphatic heterocycles. The Morgan fingerprint density at radius 3 is 2.25 bits per heavy atom. The minimum absolute atomic E-state index is 0.333. The first kappa shape index (κ1) is 12.6. The third-order valence-corrected chi connectivity index (χ3v) is 1.96. The van der Waals surface area contributed by atoms with Crippen molar-refractivity contribution in [3.63, 3.8) is 0 Å². The summed E-state index contributed by atoms with van der Waals surface area (Å²) in [5, 5.41) is 0. The monoisotopic (exact) mass is 241 g/mol. The fraction of sp³-hybridized carbons (Fsp3) is 0.375. The molecule has 3 nitrogen and oxygen atoms in total. The van der Waals surface area contributed by atoms with E-state index in [0.29, 0.717) is 6.20 Å². The zero-order valence-electron chi connectivity index (χ0n) is 7.85. The van der Waals surface area contributed by atoms with Crippen LogP contribution in [0.4, 0.5) is 27.6 Å². The minimum atomic E-state index is -4.81. The molecule has 0 bridgehead atoms. The van der Waals surface area contributed by atoms with Gasteiger partial charge in [0.2, 0.25) is 0 Å². The minimum Gasteiger partial charge on any atom is -0.398 e. The summed E-state index contributed by atoms with van der Waals surface area (Å²) in [5.74, 6) is 0. The summed E-state index contributed by atoms with van der Waals surface area (Å²) in [5.41, 5.74) is 6.46. The Kier molecular flexibility index (Phi) is 3.32. The molecule has 0 radical (unpaired) electrons. The predicted molar refractivity (Wildman–Crippen MR) is 46.5 cm³/mol. The second-order valence-corrected chi connectivity index (χ2v) is 2.95. The molecule has 8 heteroatoms. The quantitative estimate of drug-likeness (QED) is 0.779. The Labute approximate surface area is 87.3 Å². The van der Waals surface area contributed by atoms with E-state index in [4.69, 9.17) is 11.5 Å². The molecule has 0 fully saturated rings. The Balaban J connectivity index is 3.44. The smallest absolute Gasteiger partial charge is 0.398 e. The number of pyridine rings is 1. The van der Waals surface area contributed by atoms with Crippen molar-refractivity contribution in [2.75, 3.05) is 5.73 Å². The van der Waals surface area contributed by atoms with Gasteiger partial charge in [-0.15, -0.1) is 0 Å². The van der Waals surface area contributed by atoms with Crippen molar-refractivity contribution >= 4 is 5.69 Å². The predicted octanol–water partition coefficient (Wildman–Crippen LogP) is 2.08. The van der Waals surface area contributed by atoms with Gasteiger partial charge in [0.1, 0.15) is 0 Å². The van der Waals surface area contributed by atoms with Gasteiger partial charge in [0.05, 0.1) is 22.5 Å². The van der Waals surface area contributed by atoms with Crippen LogP contribution in [0, 0.1) is 0 Å². The van der Waals surface area contributed by atoms with Crippen LogP contribution < -0.4 is 11.5 Å². The van der Waals surface area contributed by atoms with E-state index in [1.807, 2.05) is 0 Å². The van der Waals surface area contributed by atoms with Crippen molar-refractivity contribution < 1.29 is 22.0 Å². The lowest BCUT2D eigenvalue weighted by Crippen LogP contribution is -2.15. The standard InChI is InChI=1S/C8H8F5N3/c9-7(10)5-4(1-14)16-2-3(6(5)15)8(11,12)13/h2,7H,1,14H2,(H2,15,16). The number of nitrogen functional groups attached to an aromatic ring is 1. The molecule has 0 unspecified atom stereocenters. The molecule has 0 aliphatic rings. The topological polar surface area (TPSA) is 64.9 Å². The number of alkyl halides is 5. The molecule has 0 aromatic carbocycles. The molecule has 0 aliphatic carbocycles. The van der Waals surface area contributed by atoms with Gasteiger partial charge in [0, 0.05) is 12.7 Å². The van der Waals surface area contributed by atoms with E-state index in [-0.39, 0.29) is 5.69 Å². The van der Waals surface area contributed by atoms with Crippen LogP contribution in [0.2, 0.25) is 0 Å². The summed E-state index contributed by atoms with van der Waals surface area (Å²) in [6, 6.07) is 0. The molecule has 90 valence electrons. The normalized spacial score (nSPS) is 12.2. The number of nitrogens with two attached hydrogens (primary N) is 2. The number of aromatic nitrogens is 1. The van der Waals surface area contributed by atoms with Gasteiger partial charge in [-0.2, -0.15) is 13.2 Å². The molecular weight excluding hydrogens is 233 g/mol. The lowest BCUT2D eigenvalue weighted by atomic mass is 10.1. The largest absolute Gasteiger partial charge is 0.419 e. The van der Waals surface area contributed by atoms with E-state index < -0.39 is 36.0 Å². The Morgan fingerprint density at radius 1 is 1.31 bits per heavy atom. The van der Waals surface area contributed by atoms with Gasteiger partial charge in [0.25, 0.3) is 6.43 Å². The Hall–Kier alpha value is -1.44. The van der Waals surface area contributed by atoms with Crippen LogP contribution in [0.25, 0.3) is 0 Å². The average molecular weight is 241 g/mol. The molecule has 0 spiro atoms. The van der Waals surface area contributed by atoms with Crippen LogP contribution in [0.1, 0.15) is 23.2 Å². The van der Waals surface area contributed by atoms with Gasteiger partial charge in [-0.05, 0) is 0 Å². The van der Waals surface area contributed by atoms with Crippen molar-refractivity contribution in [1.29, 1.82) is 0 Å². The molecule has 0 saturated carbocycles. The molecule has 1 rings (SSSR count). The maximum Gasteiger partial charge on any atom is 0.419 e. The fourth-order valence-corrected chi connectivity index (χ4v) is 1.21. The van der Waals surface area contributed by atoms with Gasteiger partial charge in [-0.3, -0.25) is 4.98 Å². The number of anilines is 1. The molecule has 16 heavy (non-hydrogen) atoms. The van der Waals surface area contributed by atoms with E-state index in [1.165, 1.54) is 0 Å². The zero-order valence-corrected chi connectivity index (χ0v) is 7.85. The van der Waals surface area contributed by atoms with Gasteiger partial charge < -0.3 is 11.5 Å². The number of hydrogen-bond acceptors (Lipinski definition) is 3. The number of nitrogens with zero attached hydrogens (tertiary/aromatic N) is 1. The van der Waals surface area contributed by atoms with Gasteiger partial charge in [-0.25, -0.2) is 8.78 Å². The first-order valence-corrected chi connectivity index (χ1v) is 4.11. The first-order valence-electron chi connectivity index (χ1n) is 4.11. The maximum atomic E-state index is 12.5. The molecular formula is C8H8F5N3. The second-order valence-electron chi connectivity index (χ2n) is 2.95. The third-order valence-electron chi connectivity index (χ3n) is 1.96. The number of hydrogen-bond donors (Lipinski definition) is 2. The highest BCUT2D eigenvalue weighted by atomic mass is 19.4. The number of rotatable bonds is 2. The summed E-state index contributed by atoms with van der Waals surface area (Å²) in [7, 11) is 0. The van der Waals surface area contributed by atoms with Gasteiger partial charge in [0.15, 0.2) is 0 Å². The summed E-state index contributed by atoms with van der Waals surface area (Å²) >= 11 is 0. The Bertz CT molecular complexity index is 388. The van der Waals surface area contributed by atoms with Crippen LogP contribution in [0.5, 0.6) is 0 Å². The molecule has 1 aromatic heterocycles. The van der Waals surface area contributed by atoms with Crippen LogP contribution in [-0.2, 0) is 12.7 Å². The molecule has 0 amide bonds. The molecule has 1 heterocycles. The van der Waals surface area contributed by atoms with Crippen LogP contribution in [0.3, 0.4) is 0 Å². The van der Waals surface area contributed by atoms with Crippen molar-refractivity contribution in [2.24, 2.45) is 5.73 Å². The highest BCUT2D eigenvalue weighted by molar-refractivity contribution is 5.56. The molecule has 1 aromatic rings. The van der Waals surface area contributed by atoms with Crippen molar-refractivity contribution in [3.05, 3.63) is 23.0 Å². The van der Waals surface area contributed by atoms with Gasteiger partial charge in [-0.1, -0.05) is 0 Å². The van der Waals surface area contributed by atoms with Crippen LogP contribution in [-0.4, -0.2) is 4.98 Å². The van der Waals surface area contributed by atoms with E-state index in [0.717, 1.165) is 0 Å². The Morgan fingerprint density at radius 2 is 1.88 bits per heavy atom. The fourth-order valence-electron chi connectivity index (χ4n) is 1.21. The van der Waals surface area contributed by atoms with E-state index >= 15 is 0 Å². The van der Waals surface area contributed by atoms with Crippen molar-refractivity contribution in [2.45, 2.75) is 19.1 Å². The van der Waals surface area contributed by atoms with Gasteiger partial charge >= 0.3 is 6.18 Å². The lowest BCUT2D eigenvalue weighted by Gasteiger charge is -2.15. The van der Waals surface area contributed by atoms with E-state index in [1.54, 1.807) is 0 Å². The summed E-state index contributed by atoms with van der Waals surface area (Å²) in [6.07, 6.45) is -7.55. The molecule has 0 atom stereocenters. The lowest BCUT2D eigenvalue weighted by molar-refractivity contribution is -0.137. The summed E-state index contributed by atoms with van der Waals surface area (Å²) in [4.78, 5) is 3.24. The average Bonchev–Trinajstić information content (AvgIpc) is 2.14. The van der Waals surface area contributed by atoms with Crippen molar-refractivity contribution in [3.8, 4) is 0 Å². The van der Waals surface area contributed by atoms with Crippen molar-refractivity contribution in [1.82, 2.24) is 4.98 Å². The van der Waals surface area contributed by atoms with E-state index in [9.17, 15) is 22.0 Å². The summed E-state index contributed by atoms with van der Waals surface area (Å²) in [6.45, 7) is -0.401.